The molecule has 0 saturated heterocycles. The number of amides is 1. The van der Waals surface area contributed by atoms with Crippen molar-refractivity contribution in [1.29, 1.82) is 0 Å². The molecule has 2 aromatic carbocycles. The van der Waals surface area contributed by atoms with Crippen LogP contribution in [0.2, 0.25) is 0 Å². The van der Waals surface area contributed by atoms with Crippen LogP contribution in [0.5, 0.6) is 11.5 Å². The second-order valence-electron chi connectivity index (χ2n) is 6.17. The molecule has 146 valence electrons. The minimum Gasteiger partial charge on any atom is -0.497 e. The molecule has 1 amide bonds. The Hall–Kier alpha value is -3.35. The molecule has 0 unspecified atom stereocenters. The molecule has 1 atom stereocenters. The molecule has 0 aliphatic rings. The van der Waals surface area contributed by atoms with E-state index in [4.69, 9.17) is 14.0 Å². The second-order valence-corrected chi connectivity index (χ2v) is 6.17. The Kier molecular flexibility index (Phi) is 6.26. The zero-order valence-electron chi connectivity index (χ0n) is 16.2. The summed E-state index contributed by atoms with van der Waals surface area (Å²) in [5.74, 6) is 2.05. The van der Waals surface area contributed by atoms with Crippen molar-refractivity contribution in [2.24, 2.45) is 0 Å². The Morgan fingerprint density at radius 3 is 2.43 bits per heavy atom. The average Bonchev–Trinajstić information content (AvgIpc) is 3.21. The van der Waals surface area contributed by atoms with Gasteiger partial charge in [-0.2, -0.15) is 4.98 Å². The first-order valence-electron chi connectivity index (χ1n) is 9.08. The van der Waals surface area contributed by atoms with E-state index in [-0.39, 0.29) is 12.5 Å². The number of carbonyl (C=O) groups excluding carboxylic acids is 1. The molecule has 0 radical (unpaired) electrons. The predicted octanol–water partition coefficient (Wildman–Crippen LogP) is 3.56. The lowest BCUT2D eigenvalue weighted by molar-refractivity contribution is -0.138. The highest BCUT2D eigenvalue weighted by Crippen LogP contribution is 2.19. The summed E-state index contributed by atoms with van der Waals surface area (Å²) in [7, 11) is 1.60. The summed E-state index contributed by atoms with van der Waals surface area (Å²) in [6, 6.07) is 16.7. The maximum absolute atomic E-state index is 12.8. The van der Waals surface area contributed by atoms with Crippen molar-refractivity contribution in [2.75, 3.05) is 13.7 Å². The van der Waals surface area contributed by atoms with Gasteiger partial charge in [-0.25, -0.2) is 0 Å². The van der Waals surface area contributed by atoms with Gasteiger partial charge in [-0.15, -0.1) is 0 Å². The fourth-order valence-electron chi connectivity index (χ4n) is 2.70. The van der Waals surface area contributed by atoms with Crippen LogP contribution in [0.1, 0.15) is 19.7 Å². The van der Waals surface area contributed by atoms with Crippen LogP contribution in [-0.4, -0.2) is 40.7 Å². The number of hydrogen-bond donors (Lipinski definition) is 0. The zero-order chi connectivity index (χ0) is 19.9. The van der Waals surface area contributed by atoms with E-state index in [1.54, 1.807) is 43.2 Å². The second kappa shape index (κ2) is 9.03. The molecule has 0 fully saturated rings. The first-order chi connectivity index (χ1) is 13.6. The number of methoxy groups -OCH3 is 1. The zero-order valence-corrected chi connectivity index (χ0v) is 16.2. The van der Waals surface area contributed by atoms with Crippen LogP contribution in [0.3, 0.4) is 0 Å². The Labute approximate surface area is 163 Å². The van der Waals surface area contributed by atoms with E-state index < -0.39 is 6.10 Å². The minimum absolute atomic E-state index is 0.155. The minimum atomic E-state index is -0.648. The van der Waals surface area contributed by atoms with Crippen LogP contribution in [0.15, 0.2) is 59.1 Å². The number of likely N-dealkylation sites (N-methyl/N-ethyl adjacent to an activating group) is 1. The lowest BCUT2D eigenvalue weighted by atomic mass is 10.2. The van der Waals surface area contributed by atoms with Gasteiger partial charge < -0.3 is 18.9 Å². The normalized spacial score (nSPS) is 11.7. The third-order valence-corrected chi connectivity index (χ3v) is 4.24. The number of aromatic nitrogens is 2. The Morgan fingerprint density at radius 2 is 1.79 bits per heavy atom. The Bertz CT molecular complexity index is 894. The third kappa shape index (κ3) is 4.68. The van der Waals surface area contributed by atoms with Crippen molar-refractivity contribution in [3.05, 3.63) is 60.5 Å². The fraction of sp³-hybridized carbons (Fsp3) is 0.286. The van der Waals surface area contributed by atoms with Crippen LogP contribution >= 0.6 is 0 Å². The van der Waals surface area contributed by atoms with Gasteiger partial charge in [0, 0.05) is 12.1 Å². The van der Waals surface area contributed by atoms with Gasteiger partial charge in [0.2, 0.25) is 11.7 Å². The van der Waals surface area contributed by atoms with Crippen LogP contribution in [0, 0.1) is 0 Å². The van der Waals surface area contributed by atoms with Crippen LogP contribution in [-0.2, 0) is 11.3 Å². The molecule has 0 saturated carbocycles. The van der Waals surface area contributed by atoms with Crippen molar-refractivity contribution in [2.45, 2.75) is 26.5 Å². The number of hydrogen-bond acceptors (Lipinski definition) is 6. The molecule has 28 heavy (non-hydrogen) atoms. The van der Waals surface area contributed by atoms with E-state index in [1.807, 2.05) is 37.3 Å². The molecule has 0 aliphatic carbocycles. The van der Waals surface area contributed by atoms with E-state index >= 15 is 0 Å². The smallest absolute Gasteiger partial charge is 0.263 e. The first-order valence-corrected chi connectivity index (χ1v) is 9.08. The number of benzene rings is 2. The van der Waals surface area contributed by atoms with Gasteiger partial charge in [0.05, 0.1) is 7.11 Å². The third-order valence-electron chi connectivity index (χ3n) is 4.24. The standard InChI is InChI=1S/C21H23N3O4/c1-4-24(14-19-22-20(23-28-19)16-8-6-5-7-9-16)21(25)15(2)27-18-12-10-17(26-3)11-13-18/h5-13,15H,4,14H2,1-3H3/t15-/m1/s1. The summed E-state index contributed by atoms with van der Waals surface area (Å²) in [5.41, 5.74) is 0.864. The van der Waals surface area contributed by atoms with Crippen LogP contribution in [0.25, 0.3) is 11.4 Å². The number of nitrogens with zero attached hydrogens (tertiary/aromatic N) is 3. The Balaban J connectivity index is 1.63. The lowest BCUT2D eigenvalue weighted by Crippen LogP contribution is -2.40. The molecule has 3 rings (SSSR count). The van der Waals surface area contributed by atoms with Gasteiger partial charge >= 0.3 is 0 Å². The average molecular weight is 381 g/mol. The monoisotopic (exact) mass is 381 g/mol. The highest BCUT2D eigenvalue weighted by Gasteiger charge is 2.23. The van der Waals surface area contributed by atoms with E-state index in [9.17, 15) is 4.79 Å². The van der Waals surface area contributed by atoms with Crippen molar-refractivity contribution in [3.8, 4) is 22.9 Å². The van der Waals surface area contributed by atoms with Gasteiger partial charge in [-0.1, -0.05) is 35.5 Å². The van der Waals surface area contributed by atoms with E-state index in [2.05, 4.69) is 10.1 Å². The number of ether oxygens (including phenoxy) is 2. The lowest BCUT2D eigenvalue weighted by Gasteiger charge is -2.23. The quantitative estimate of drug-likeness (QED) is 0.594. The van der Waals surface area contributed by atoms with Gasteiger partial charge in [-0.3, -0.25) is 4.79 Å². The summed E-state index contributed by atoms with van der Waals surface area (Å²) in [4.78, 5) is 18.8. The number of rotatable bonds is 8. The van der Waals surface area contributed by atoms with Crippen molar-refractivity contribution >= 4 is 5.91 Å². The predicted molar refractivity (Wildman–Crippen MR) is 104 cm³/mol. The van der Waals surface area contributed by atoms with Crippen molar-refractivity contribution < 1.29 is 18.8 Å². The molecule has 0 bridgehead atoms. The molecule has 1 aromatic heterocycles. The van der Waals surface area contributed by atoms with Crippen molar-refractivity contribution in [3.63, 3.8) is 0 Å². The maximum Gasteiger partial charge on any atom is 0.263 e. The van der Waals surface area contributed by atoms with Gasteiger partial charge in [0.1, 0.15) is 18.0 Å². The summed E-state index contributed by atoms with van der Waals surface area (Å²) in [6.07, 6.45) is -0.648. The Morgan fingerprint density at radius 1 is 1.11 bits per heavy atom. The molecule has 0 aliphatic heterocycles. The molecule has 0 N–H and O–H groups in total. The molecule has 0 spiro atoms. The van der Waals surface area contributed by atoms with Gasteiger partial charge in [0.15, 0.2) is 6.10 Å². The highest BCUT2D eigenvalue weighted by atomic mass is 16.5. The largest absolute Gasteiger partial charge is 0.497 e. The van der Waals surface area contributed by atoms with Crippen LogP contribution in [0.4, 0.5) is 0 Å². The molecule has 7 heteroatoms. The van der Waals surface area contributed by atoms with Crippen LogP contribution < -0.4 is 9.47 Å². The number of carbonyl (C=O) groups is 1. The molecule has 7 nitrogen and oxygen atoms in total. The summed E-state index contributed by atoms with van der Waals surface area (Å²) in [5, 5.41) is 3.99. The summed E-state index contributed by atoms with van der Waals surface area (Å²) < 4.78 is 16.2. The fourth-order valence-corrected chi connectivity index (χ4v) is 2.70. The SMILES string of the molecule is CCN(Cc1nc(-c2ccccc2)no1)C(=O)[C@@H](C)Oc1ccc(OC)cc1. The summed E-state index contributed by atoms with van der Waals surface area (Å²) >= 11 is 0. The molecular weight excluding hydrogens is 358 g/mol. The highest BCUT2D eigenvalue weighted by molar-refractivity contribution is 5.80. The summed E-state index contributed by atoms with van der Waals surface area (Å²) in [6.45, 7) is 4.34. The first kappa shape index (κ1) is 19.4. The van der Waals surface area contributed by atoms with E-state index in [1.165, 1.54) is 0 Å². The van der Waals surface area contributed by atoms with Gasteiger partial charge in [0.25, 0.3) is 5.91 Å². The van der Waals surface area contributed by atoms with Crippen molar-refractivity contribution in [1.82, 2.24) is 15.0 Å². The van der Waals surface area contributed by atoms with Gasteiger partial charge in [-0.05, 0) is 38.1 Å². The molecule has 3 aromatic rings. The topological polar surface area (TPSA) is 77.7 Å². The van der Waals surface area contributed by atoms with E-state index in [0.29, 0.717) is 24.0 Å². The maximum atomic E-state index is 12.8. The van der Waals surface area contributed by atoms with E-state index in [0.717, 1.165) is 11.3 Å². The molecular formula is C21H23N3O4. The molecule has 1 heterocycles.